The van der Waals surface area contributed by atoms with Crippen LogP contribution in [0.2, 0.25) is 0 Å². The van der Waals surface area contributed by atoms with Crippen LogP contribution >= 0.6 is 0 Å². The molecule has 3 rings (SSSR count). The van der Waals surface area contributed by atoms with Gasteiger partial charge < -0.3 is 15.1 Å². The van der Waals surface area contributed by atoms with Crippen LogP contribution in [0.15, 0.2) is 54.6 Å². The fourth-order valence-electron chi connectivity index (χ4n) is 4.06. The van der Waals surface area contributed by atoms with E-state index in [1.807, 2.05) is 18.2 Å². The van der Waals surface area contributed by atoms with E-state index in [1.54, 1.807) is 4.90 Å². The van der Waals surface area contributed by atoms with Gasteiger partial charge in [-0.2, -0.15) is 13.2 Å². The zero-order chi connectivity index (χ0) is 23.8. The van der Waals surface area contributed by atoms with Crippen molar-refractivity contribution in [1.82, 2.24) is 10.2 Å². The van der Waals surface area contributed by atoms with Crippen molar-refractivity contribution in [1.29, 1.82) is 0 Å². The molecule has 0 unspecified atom stereocenters. The molecule has 0 aromatic heterocycles. The molecule has 178 valence electrons. The van der Waals surface area contributed by atoms with Crippen molar-refractivity contribution in [2.24, 2.45) is 5.92 Å². The lowest BCUT2D eigenvalue weighted by molar-refractivity contribution is -0.137. The number of halogens is 3. The van der Waals surface area contributed by atoms with Crippen LogP contribution in [0.5, 0.6) is 0 Å². The van der Waals surface area contributed by atoms with Crippen molar-refractivity contribution in [3.8, 4) is 0 Å². The first kappa shape index (κ1) is 24.6. The molecule has 0 saturated carbocycles. The van der Waals surface area contributed by atoms with E-state index in [4.69, 9.17) is 0 Å². The van der Waals surface area contributed by atoms with Gasteiger partial charge in [-0.3, -0.25) is 9.59 Å². The van der Waals surface area contributed by atoms with Crippen LogP contribution in [0, 0.1) is 5.92 Å². The Morgan fingerprint density at radius 2 is 1.67 bits per heavy atom. The fraction of sp³-hybridized carbons (Fsp3) is 0.440. The maximum atomic E-state index is 12.7. The standard InChI is InChI=1S/C25H30F3N3O2/c1-2-30(22-7-4-3-5-8-22)16-6-15-29-23(32)19-13-17-31(18-14-19)24(33)20-9-11-21(12-10-20)25(26,27)28/h3-5,7-12,19H,2,6,13-18H2,1H3,(H,29,32). The van der Waals surface area contributed by atoms with E-state index < -0.39 is 11.7 Å². The van der Waals surface area contributed by atoms with E-state index in [0.717, 1.165) is 37.3 Å². The Bertz CT molecular complexity index is 909. The van der Waals surface area contributed by atoms with Gasteiger partial charge in [0.1, 0.15) is 0 Å². The quantitative estimate of drug-likeness (QED) is 0.585. The summed E-state index contributed by atoms with van der Waals surface area (Å²) in [5, 5.41) is 3.00. The lowest BCUT2D eigenvalue weighted by Crippen LogP contribution is -2.43. The minimum atomic E-state index is -4.43. The molecule has 1 N–H and O–H groups in total. The van der Waals surface area contributed by atoms with Crippen molar-refractivity contribution in [3.63, 3.8) is 0 Å². The molecule has 0 bridgehead atoms. The predicted molar refractivity (Wildman–Crippen MR) is 122 cm³/mol. The molecule has 1 fully saturated rings. The number of nitrogens with one attached hydrogen (secondary N) is 1. The van der Waals surface area contributed by atoms with Crippen molar-refractivity contribution in [2.75, 3.05) is 37.6 Å². The van der Waals surface area contributed by atoms with E-state index in [2.05, 4.69) is 29.3 Å². The number of piperidine rings is 1. The number of likely N-dealkylation sites (tertiary alicyclic amines) is 1. The lowest BCUT2D eigenvalue weighted by atomic mass is 9.95. The Hall–Kier alpha value is -3.03. The van der Waals surface area contributed by atoms with Crippen LogP contribution in [-0.2, 0) is 11.0 Å². The second-order valence-corrected chi connectivity index (χ2v) is 8.20. The lowest BCUT2D eigenvalue weighted by Gasteiger charge is -2.31. The molecule has 0 aliphatic carbocycles. The summed E-state index contributed by atoms with van der Waals surface area (Å²) in [7, 11) is 0. The summed E-state index contributed by atoms with van der Waals surface area (Å²) < 4.78 is 38.1. The monoisotopic (exact) mass is 461 g/mol. The Morgan fingerprint density at radius 3 is 2.24 bits per heavy atom. The highest BCUT2D eigenvalue weighted by molar-refractivity contribution is 5.94. The number of para-hydroxylation sites is 1. The summed E-state index contributed by atoms with van der Waals surface area (Å²) in [5.74, 6) is -0.458. The number of hydrogen-bond acceptors (Lipinski definition) is 3. The molecule has 33 heavy (non-hydrogen) atoms. The number of carbonyl (C=O) groups excluding carboxylic acids is 2. The first-order chi connectivity index (χ1) is 15.8. The molecule has 1 saturated heterocycles. The van der Waals surface area contributed by atoms with Gasteiger partial charge in [0.05, 0.1) is 5.56 Å². The third kappa shape index (κ3) is 6.73. The number of hydrogen-bond donors (Lipinski definition) is 1. The molecular weight excluding hydrogens is 431 g/mol. The minimum Gasteiger partial charge on any atom is -0.372 e. The molecular formula is C25H30F3N3O2. The molecule has 0 radical (unpaired) electrons. The molecule has 0 spiro atoms. The van der Waals surface area contributed by atoms with Crippen molar-refractivity contribution in [2.45, 2.75) is 32.4 Å². The van der Waals surface area contributed by atoms with Crippen LogP contribution in [0.1, 0.15) is 42.1 Å². The van der Waals surface area contributed by atoms with Crippen molar-refractivity contribution < 1.29 is 22.8 Å². The normalized spacial score (nSPS) is 14.7. The zero-order valence-electron chi connectivity index (χ0n) is 18.8. The van der Waals surface area contributed by atoms with Crippen molar-refractivity contribution in [3.05, 3.63) is 65.7 Å². The van der Waals surface area contributed by atoms with Crippen LogP contribution < -0.4 is 10.2 Å². The number of rotatable bonds is 8. The van der Waals surface area contributed by atoms with Crippen LogP contribution in [0.25, 0.3) is 0 Å². The van der Waals surface area contributed by atoms with Crippen LogP contribution in [0.3, 0.4) is 0 Å². The number of nitrogens with zero attached hydrogens (tertiary/aromatic N) is 2. The minimum absolute atomic E-state index is 0.000566. The van der Waals surface area contributed by atoms with Gasteiger partial charge in [0.15, 0.2) is 0 Å². The Kier molecular flexibility index (Phi) is 8.36. The maximum Gasteiger partial charge on any atom is 0.416 e. The maximum absolute atomic E-state index is 12.7. The van der Waals surface area contributed by atoms with Crippen LogP contribution in [-0.4, -0.2) is 49.4 Å². The third-order valence-corrected chi connectivity index (χ3v) is 6.02. The third-order valence-electron chi connectivity index (χ3n) is 6.02. The summed E-state index contributed by atoms with van der Waals surface area (Å²) >= 11 is 0. The number of benzene rings is 2. The number of amides is 2. The van der Waals surface area contributed by atoms with Gasteiger partial charge in [-0.25, -0.2) is 0 Å². The molecule has 1 aliphatic rings. The highest BCUT2D eigenvalue weighted by Crippen LogP contribution is 2.29. The van der Waals surface area contributed by atoms with Gasteiger partial charge in [0.25, 0.3) is 5.91 Å². The van der Waals surface area contributed by atoms with E-state index in [1.165, 1.54) is 12.1 Å². The summed E-state index contributed by atoms with van der Waals surface area (Å²) in [6.45, 7) is 5.26. The average molecular weight is 462 g/mol. The van der Waals surface area contributed by atoms with E-state index in [0.29, 0.717) is 32.5 Å². The second kappa shape index (κ2) is 11.2. The topological polar surface area (TPSA) is 52.7 Å². The van der Waals surface area contributed by atoms with E-state index in [-0.39, 0.29) is 23.3 Å². The summed E-state index contributed by atoms with van der Waals surface area (Å²) in [4.78, 5) is 29.0. The molecule has 0 atom stereocenters. The largest absolute Gasteiger partial charge is 0.416 e. The first-order valence-electron chi connectivity index (χ1n) is 11.3. The van der Waals surface area contributed by atoms with Crippen LogP contribution in [0.4, 0.5) is 18.9 Å². The Labute approximate surface area is 192 Å². The first-order valence-corrected chi connectivity index (χ1v) is 11.3. The van der Waals surface area contributed by atoms with E-state index >= 15 is 0 Å². The summed E-state index contributed by atoms with van der Waals surface area (Å²) in [5.41, 5.74) is 0.612. The zero-order valence-corrected chi connectivity index (χ0v) is 18.8. The van der Waals surface area contributed by atoms with Gasteiger partial charge in [0.2, 0.25) is 5.91 Å². The van der Waals surface area contributed by atoms with E-state index in [9.17, 15) is 22.8 Å². The molecule has 5 nitrogen and oxygen atoms in total. The van der Waals surface area contributed by atoms with Gasteiger partial charge in [-0.05, 0) is 62.6 Å². The summed E-state index contributed by atoms with van der Waals surface area (Å²) in [6.07, 6.45) is -2.50. The number of carbonyl (C=O) groups is 2. The number of alkyl halides is 3. The second-order valence-electron chi connectivity index (χ2n) is 8.20. The smallest absolute Gasteiger partial charge is 0.372 e. The molecule has 1 heterocycles. The van der Waals surface area contributed by atoms with Crippen molar-refractivity contribution >= 4 is 17.5 Å². The van der Waals surface area contributed by atoms with Gasteiger partial charge >= 0.3 is 6.18 Å². The van der Waals surface area contributed by atoms with Gasteiger partial charge in [-0.15, -0.1) is 0 Å². The average Bonchev–Trinajstić information content (AvgIpc) is 2.83. The Balaban J connectivity index is 1.40. The molecule has 8 heteroatoms. The predicted octanol–water partition coefficient (Wildman–Crippen LogP) is 4.59. The highest BCUT2D eigenvalue weighted by Gasteiger charge is 2.31. The molecule has 2 amide bonds. The Morgan fingerprint density at radius 1 is 1.03 bits per heavy atom. The SMILES string of the molecule is CCN(CCCNC(=O)C1CCN(C(=O)c2ccc(C(F)(F)F)cc2)CC1)c1ccccc1. The highest BCUT2D eigenvalue weighted by atomic mass is 19.4. The number of anilines is 1. The van der Waals surface area contributed by atoms with Gasteiger partial charge in [0, 0.05) is 49.9 Å². The summed E-state index contributed by atoms with van der Waals surface area (Å²) in [6, 6.07) is 14.4. The molecule has 2 aromatic rings. The molecule has 2 aromatic carbocycles. The molecule has 1 aliphatic heterocycles. The fourth-order valence-corrected chi connectivity index (χ4v) is 4.06. The van der Waals surface area contributed by atoms with Gasteiger partial charge in [-0.1, -0.05) is 18.2 Å².